The molecule has 1 aliphatic rings. The van der Waals surface area contributed by atoms with Crippen LogP contribution in [0.3, 0.4) is 0 Å². The van der Waals surface area contributed by atoms with Gasteiger partial charge < -0.3 is 14.5 Å². The molecule has 1 aromatic rings. The summed E-state index contributed by atoms with van der Waals surface area (Å²) in [5.74, 6) is -0.0247. The number of nitrogens with zero attached hydrogens (tertiary/aromatic N) is 4. The number of ether oxygens (including phenoxy) is 1. The largest absolute Gasteiger partial charge is 0.480 e. The zero-order valence-electron chi connectivity index (χ0n) is 13.7. The molecule has 1 aliphatic heterocycles. The lowest BCUT2D eigenvalue weighted by Gasteiger charge is -2.35. The Morgan fingerprint density at radius 1 is 1.46 bits per heavy atom. The van der Waals surface area contributed by atoms with Crippen LogP contribution in [0, 0.1) is 5.92 Å². The van der Waals surface area contributed by atoms with Crippen LogP contribution in [-0.4, -0.2) is 60.2 Å². The molecule has 2 rings (SSSR count). The highest BCUT2D eigenvalue weighted by Gasteiger charge is 2.36. The second kappa shape index (κ2) is 7.67. The van der Waals surface area contributed by atoms with Gasteiger partial charge in [-0.05, 0) is 19.8 Å². The SMILES string of the molecule is CCN(CC(F)(F)F)C(=O)[C@@H]1CCCN(c2cncc(OC)n2)C1. The molecule has 0 aromatic carbocycles. The Kier molecular flexibility index (Phi) is 5.84. The Hall–Kier alpha value is -2.06. The monoisotopic (exact) mass is 346 g/mol. The molecular formula is C15H21F3N4O2. The zero-order chi connectivity index (χ0) is 17.7. The maximum absolute atomic E-state index is 12.6. The Morgan fingerprint density at radius 2 is 2.21 bits per heavy atom. The summed E-state index contributed by atoms with van der Waals surface area (Å²) in [5, 5.41) is 0. The number of amides is 1. The van der Waals surface area contributed by atoms with Gasteiger partial charge in [-0.25, -0.2) is 0 Å². The zero-order valence-corrected chi connectivity index (χ0v) is 13.7. The molecule has 0 bridgehead atoms. The minimum atomic E-state index is -4.39. The molecule has 24 heavy (non-hydrogen) atoms. The van der Waals surface area contributed by atoms with Crippen molar-refractivity contribution < 1.29 is 22.7 Å². The van der Waals surface area contributed by atoms with Crippen LogP contribution in [0.25, 0.3) is 0 Å². The van der Waals surface area contributed by atoms with Gasteiger partial charge in [0.05, 0.1) is 25.4 Å². The summed E-state index contributed by atoms with van der Waals surface area (Å²) in [6.45, 7) is 1.38. The quantitative estimate of drug-likeness (QED) is 0.817. The third-order valence-electron chi connectivity index (χ3n) is 3.97. The lowest BCUT2D eigenvalue weighted by molar-refractivity contribution is -0.163. The fourth-order valence-electron chi connectivity index (χ4n) is 2.80. The van der Waals surface area contributed by atoms with Crippen molar-refractivity contribution in [2.75, 3.05) is 38.2 Å². The maximum Gasteiger partial charge on any atom is 0.406 e. The summed E-state index contributed by atoms with van der Waals surface area (Å²) in [6, 6.07) is 0. The van der Waals surface area contributed by atoms with Gasteiger partial charge in [0.15, 0.2) is 5.82 Å². The van der Waals surface area contributed by atoms with E-state index in [-0.39, 0.29) is 6.54 Å². The van der Waals surface area contributed by atoms with Crippen molar-refractivity contribution in [3.05, 3.63) is 12.4 Å². The van der Waals surface area contributed by atoms with Crippen LogP contribution in [0.1, 0.15) is 19.8 Å². The fourth-order valence-corrected chi connectivity index (χ4v) is 2.80. The molecule has 1 atom stereocenters. The molecule has 9 heteroatoms. The second-order valence-electron chi connectivity index (χ2n) is 5.67. The Morgan fingerprint density at radius 3 is 2.83 bits per heavy atom. The van der Waals surface area contributed by atoms with Crippen LogP contribution < -0.4 is 9.64 Å². The highest BCUT2D eigenvalue weighted by molar-refractivity contribution is 5.79. The standard InChI is InChI=1S/C15H21F3N4O2/c1-3-21(10-15(16,17)18)14(23)11-5-4-6-22(9-11)12-7-19-8-13(20-12)24-2/h7-8,11H,3-6,9-10H2,1-2H3/t11-/m1/s1. The van der Waals surface area contributed by atoms with Crippen LogP contribution in [0.15, 0.2) is 12.4 Å². The van der Waals surface area contributed by atoms with E-state index >= 15 is 0 Å². The highest BCUT2D eigenvalue weighted by atomic mass is 19.4. The number of methoxy groups -OCH3 is 1. The number of hydrogen-bond donors (Lipinski definition) is 0. The van der Waals surface area contributed by atoms with E-state index < -0.39 is 24.5 Å². The van der Waals surface area contributed by atoms with Crippen molar-refractivity contribution in [3.63, 3.8) is 0 Å². The van der Waals surface area contributed by atoms with E-state index in [9.17, 15) is 18.0 Å². The molecule has 1 saturated heterocycles. The van der Waals surface area contributed by atoms with Crippen LogP contribution in [0.2, 0.25) is 0 Å². The second-order valence-corrected chi connectivity index (χ2v) is 5.67. The summed E-state index contributed by atoms with van der Waals surface area (Å²) >= 11 is 0. The molecule has 1 amide bonds. The lowest BCUT2D eigenvalue weighted by Crippen LogP contribution is -2.47. The molecule has 0 aliphatic carbocycles. The first-order valence-corrected chi connectivity index (χ1v) is 7.80. The maximum atomic E-state index is 12.6. The van der Waals surface area contributed by atoms with Crippen molar-refractivity contribution in [2.24, 2.45) is 5.92 Å². The van der Waals surface area contributed by atoms with Crippen molar-refractivity contribution in [2.45, 2.75) is 25.9 Å². The first kappa shape index (κ1) is 18.3. The number of hydrogen-bond acceptors (Lipinski definition) is 5. The van der Waals surface area contributed by atoms with Gasteiger partial charge in [-0.15, -0.1) is 0 Å². The van der Waals surface area contributed by atoms with Gasteiger partial charge in [0, 0.05) is 19.6 Å². The third-order valence-corrected chi connectivity index (χ3v) is 3.97. The number of halogens is 3. The van der Waals surface area contributed by atoms with Gasteiger partial charge in [0.2, 0.25) is 11.8 Å². The van der Waals surface area contributed by atoms with E-state index in [4.69, 9.17) is 4.74 Å². The summed E-state index contributed by atoms with van der Waals surface area (Å²) in [4.78, 5) is 23.5. The van der Waals surface area contributed by atoms with E-state index in [1.165, 1.54) is 13.3 Å². The first-order valence-electron chi connectivity index (χ1n) is 7.80. The van der Waals surface area contributed by atoms with Crippen LogP contribution in [-0.2, 0) is 4.79 Å². The first-order chi connectivity index (χ1) is 11.3. The molecular weight excluding hydrogens is 325 g/mol. The van der Waals surface area contributed by atoms with Gasteiger partial charge in [-0.3, -0.25) is 9.78 Å². The predicted octanol–water partition coefficient (Wildman–Crippen LogP) is 2.11. The molecule has 134 valence electrons. The van der Waals surface area contributed by atoms with E-state index in [0.717, 1.165) is 4.90 Å². The molecule has 1 fully saturated rings. The molecule has 0 N–H and O–H groups in total. The number of piperidine rings is 1. The predicted molar refractivity (Wildman–Crippen MR) is 81.8 cm³/mol. The number of carbonyl (C=O) groups is 1. The van der Waals surface area contributed by atoms with Gasteiger partial charge in [0.25, 0.3) is 0 Å². The lowest BCUT2D eigenvalue weighted by atomic mass is 9.96. The number of aromatic nitrogens is 2. The Bertz CT molecular complexity index is 568. The van der Waals surface area contributed by atoms with Crippen molar-refractivity contribution in [3.8, 4) is 5.88 Å². The van der Waals surface area contributed by atoms with Crippen molar-refractivity contribution in [1.82, 2.24) is 14.9 Å². The van der Waals surface area contributed by atoms with Gasteiger partial charge >= 0.3 is 6.18 Å². The number of anilines is 1. The smallest absolute Gasteiger partial charge is 0.406 e. The molecule has 0 radical (unpaired) electrons. The van der Waals surface area contributed by atoms with Gasteiger partial charge in [-0.2, -0.15) is 18.2 Å². The van der Waals surface area contributed by atoms with Crippen molar-refractivity contribution in [1.29, 1.82) is 0 Å². The topological polar surface area (TPSA) is 58.6 Å². The number of alkyl halides is 3. The van der Waals surface area contributed by atoms with E-state index in [1.54, 1.807) is 13.1 Å². The average molecular weight is 346 g/mol. The highest BCUT2D eigenvalue weighted by Crippen LogP contribution is 2.25. The molecule has 6 nitrogen and oxygen atoms in total. The Labute approximate surface area is 138 Å². The van der Waals surface area contributed by atoms with Crippen LogP contribution in [0.5, 0.6) is 5.88 Å². The van der Waals surface area contributed by atoms with E-state index in [0.29, 0.717) is 37.6 Å². The minimum Gasteiger partial charge on any atom is -0.480 e. The number of carbonyl (C=O) groups excluding carboxylic acids is 1. The summed E-state index contributed by atoms with van der Waals surface area (Å²) in [6.07, 6.45) is -0.0842. The molecule has 2 heterocycles. The van der Waals surface area contributed by atoms with E-state index in [2.05, 4.69) is 9.97 Å². The molecule has 0 unspecified atom stereocenters. The number of rotatable bonds is 5. The van der Waals surface area contributed by atoms with Crippen LogP contribution in [0.4, 0.5) is 19.0 Å². The van der Waals surface area contributed by atoms with E-state index in [1.807, 2.05) is 4.90 Å². The fraction of sp³-hybridized carbons (Fsp3) is 0.667. The minimum absolute atomic E-state index is 0.0355. The Balaban J connectivity index is 2.07. The third kappa shape index (κ3) is 4.72. The molecule has 1 aromatic heterocycles. The summed E-state index contributed by atoms with van der Waals surface area (Å²) in [7, 11) is 1.48. The summed E-state index contributed by atoms with van der Waals surface area (Å²) in [5.41, 5.74) is 0. The van der Waals surface area contributed by atoms with Crippen molar-refractivity contribution >= 4 is 11.7 Å². The average Bonchev–Trinajstić information content (AvgIpc) is 2.58. The normalized spacial score (nSPS) is 18.4. The molecule has 0 spiro atoms. The van der Waals surface area contributed by atoms with Gasteiger partial charge in [-0.1, -0.05) is 0 Å². The van der Waals surface area contributed by atoms with Crippen LogP contribution >= 0.6 is 0 Å². The molecule has 0 saturated carbocycles. The van der Waals surface area contributed by atoms with Gasteiger partial charge in [0.1, 0.15) is 6.54 Å². The summed E-state index contributed by atoms with van der Waals surface area (Å²) < 4.78 is 42.9.